The van der Waals surface area contributed by atoms with Crippen LogP contribution in [0, 0.1) is 0 Å². The summed E-state index contributed by atoms with van der Waals surface area (Å²) in [6.45, 7) is 2.93. The second-order valence-corrected chi connectivity index (χ2v) is 4.90. The highest BCUT2D eigenvalue weighted by molar-refractivity contribution is 5.06. The Morgan fingerprint density at radius 1 is 1.41 bits per heavy atom. The first-order valence-electron chi connectivity index (χ1n) is 6.73. The van der Waals surface area contributed by atoms with E-state index in [0.717, 1.165) is 51.0 Å². The minimum Gasteiger partial charge on any atom is -0.477 e. The minimum atomic E-state index is 0.391. The Balaban J connectivity index is 1.85. The molecule has 1 heterocycles. The van der Waals surface area contributed by atoms with Crippen molar-refractivity contribution in [2.75, 3.05) is 6.61 Å². The summed E-state index contributed by atoms with van der Waals surface area (Å²) in [5.41, 5.74) is 5.91. The van der Waals surface area contributed by atoms with Crippen LogP contribution < -0.4 is 10.5 Å². The van der Waals surface area contributed by atoms with Crippen molar-refractivity contribution in [3.63, 3.8) is 0 Å². The van der Waals surface area contributed by atoms with Crippen LogP contribution in [0.2, 0.25) is 0 Å². The maximum absolute atomic E-state index is 5.91. The molecule has 4 heteroatoms. The zero-order chi connectivity index (χ0) is 12.1. The lowest BCUT2D eigenvalue weighted by atomic mass is 9.92. The molecular weight excluding hydrogens is 214 g/mol. The van der Waals surface area contributed by atoms with Crippen LogP contribution in [-0.2, 0) is 0 Å². The molecule has 4 nitrogen and oxygen atoms in total. The van der Waals surface area contributed by atoms with Gasteiger partial charge in [-0.3, -0.25) is 4.68 Å². The Labute approximate surface area is 103 Å². The third-order valence-electron chi connectivity index (χ3n) is 3.45. The van der Waals surface area contributed by atoms with Gasteiger partial charge in [-0.25, -0.2) is 0 Å². The highest BCUT2D eigenvalue weighted by Crippen LogP contribution is 2.27. The molecule has 1 aliphatic carbocycles. The summed E-state index contributed by atoms with van der Waals surface area (Å²) in [5, 5.41) is 4.48. The molecule has 0 amide bonds. The zero-order valence-electron chi connectivity index (χ0n) is 10.6. The van der Waals surface area contributed by atoms with Crippen molar-refractivity contribution in [3.8, 4) is 5.88 Å². The molecule has 0 saturated heterocycles. The average Bonchev–Trinajstić information content (AvgIpc) is 2.79. The summed E-state index contributed by atoms with van der Waals surface area (Å²) < 4.78 is 7.63. The van der Waals surface area contributed by atoms with Gasteiger partial charge in [-0.2, -0.15) is 0 Å². The Kier molecular flexibility index (Phi) is 4.42. The number of nitrogens with zero attached hydrogens (tertiary/aromatic N) is 2. The SMILES string of the molecule is CCCCOc1ccn(C2CCC(N)CC2)n1. The van der Waals surface area contributed by atoms with E-state index in [1.807, 2.05) is 16.9 Å². The third-order valence-corrected chi connectivity index (χ3v) is 3.45. The fourth-order valence-electron chi connectivity index (χ4n) is 2.29. The Hall–Kier alpha value is -1.03. The minimum absolute atomic E-state index is 0.391. The molecule has 0 unspecified atom stereocenters. The van der Waals surface area contributed by atoms with Gasteiger partial charge in [-0.05, 0) is 32.1 Å². The van der Waals surface area contributed by atoms with Gasteiger partial charge in [0.2, 0.25) is 5.88 Å². The average molecular weight is 237 g/mol. The van der Waals surface area contributed by atoms with Crippen LogP contribution in [-0.4, -0.2) is 22.4 Å². The van der Waals surface area contributed by atoms with Crippen LogP contribution in [0.3, 0.4) is 0 Å². The van der Waals surface area contributed by atoms with Gasteiger partial charge in [0, 0.05) is 18.3 Å². The van der Waals surface area contributed by atoms with Crippen LogP contribution >= 0.6 is 0 Å². The molecular formula is C13H23N3O. The van der Waals surface area contributed by atoms with Gasteiger partial charge < -0.3 is 10.5 Å². The van der Waals surface area contributed by atoms with Gasteiger partial charge in [0.1, 0.15) is 0 Å². The number of aromatic nitrogens is 2. The van der Waals surface area contributed by atoms with Gasteiger partial charge in [0.15, 0.2) is 0 Å². The number of hydrogen-bond donors (Lipinski definition) is 1. The molecule has 1 aromatic rings. The van der Waals surface area contributed by atoms with Crippen LogP contribution in [0.25, 0.3) is 0 Å². The second kappa shape index (κ2) is 6.05. The molecule has 2 rings (SSSR count). The highest BCUT2D eigenvalue weighted by Gasteiger charge is 2.20. The largest absolute Gasteiger partial charge is 0.477 e. The fraction of sp³-hybridized carbons (Fsp3) is 0.769. The summed E-state index contributed by atoms with van der Waals surface area (Å²) in [6.07, 6.45) is 8.76. The summed E-state index contributed by atoms with van der Waals surface area (Å²) in [6, 6.07) is 2.87. The van der Waals surface area contributed by atoms with Gasteiger partial charge in [-0.15, -0.1) is 5.10 Å². The lowest BCUT2D eigenvalue weighted by Crippen LogP contribution is -2.28. The molecule has 0 spiro atoms. The van der Waals surface area contributed by atoms with Crippen molar-refractivity contribution in [1.29, 1.82) is 0 Å². The highest BCUT2D eigenvalue weighted by atomic mass is 16.5. The fourth-order valence-corrected chi connectivity index (χ4v) is 2.29. The molecule has 0 radical (unpaired) electrons. The smallest absolute Gasteiger partial charge is 0.232 e. The summed E-state index contributed by atoms with van der Waals surface area (Å²) >= 11 is 0. The van der Waals surface area contributed by atoms with Crippen molar-refractivity contribution in [1.82, 2.24) is 9.78 Å². The Morgan fingerprint density at radius 3 is 2.88 bits per heavy atom. The summed E-state index contributed by atoms with van der Waals surface area (Å²) in [5.74, 6) is 0.758. The molecule has 0 aromatic carbocycles. The maximum atomic E-state index is 5.91. The van der Waals surface area contributed by atoms with E-state index in [9.17, 15) is 0 Å². The maximum Gasteiger partial charge on any atom is 0.232 e. The Bertz CT molecular complexity index is 329. The normalized spacial score (nSPS) is 24.8. The van der Waals surface area contributed by atoms with Crippen molar-refractivity contribution in [2.45, 2.75) is 57.5 Å². The lowest BCUT2D eigenvalue weighted by Gasteiger charge is -2.26. The van der Waals surface area contributed by atoms with Crippen molar-refractivity contribution < 1.29 is 4.74 Å². The van der Waals surface area contributed by atoms with E-state index in [1.165, 1.54) is 0 Å². The first-order chi connectivity index (χ1) is 8.29. The van der Waals surface area contributed by atoms with E-state index in [-0.39, 0.29) is 0 Å². The van der Waals surface area contributed by atoms with E-state index in [1.54, 1.807) is 0 Å². The van der Waals surface area contributed by atoms with Gasteiger partial charge in [-0.1, -0.05) is 13.3 Å². The number of ether oxygens (including phenoxy) is 1. The van der Waals surface area contributed by atoms with Gasteiger partial charge in [0.05, 0.1) is 12.6 Å². The Morgan fingerprint density at radius 2 is 2.18 bits per heavy atom. The number of hydrogen-bond acceptors (Lipinski definition) is 3. The summed E-state index contributed by atoms with van der Waals surface area (Å²) in [4.78, 5) is 0. The predicted molar refractivity (Wildman–Crippen MR) is 68.1 cm³/mol. The van der Waals surface area contributed by atoms with E-state index >= 15 is 0 Å². The standard InChI is InChI=1S/C13H23N3O/c1-2-3-10-17-13-8-9-16(15-13)12-6-4-11(14)5-7-12/h8-9,11-12H,2-7,10,14H2,1H3. The molecule has 2 N–H and O–H groups in total. The van der Waals surface area contributed by atoms with Crippen LogP contribution in [0.5, 0.6) is 5.88 Å². The monoisotopic (exact) mass is 237 g/mol. The predicted octanol–water partition coefficient (Wildman–Crippen LogP) is 2.50. The molecule has 1 aliphatic rings. The number of unbranched alkanes of at least 4 members (excludes halogenated alkanes) is 1. The molecule has 0 atom stereocenters. The van der Waals surface area contributed by atoms with E-state index in [2.05, 4.69) is 12.0 Å². The molecule has 0 bridgehead atoms. The van der Waals surface area contributed by atoms with Crippen molar-refractivity contribution in [2.24, 2.45) is 5.73 Å². The zero-order valence-corrected chi connectivity index (χ0v) is 10.6. The van der Waals surface area contributed by atoms with Crippen molar-refractivity contribution >= 4 is 0 Å². The first kappa shape index (κ1) is 12.4. The van der Waals surface area contributed by atoms with Gasteiger partial charge >= 0.3 is 0 Å². The number of nitrogens with two attached hydrogens (primary N) is 1. The van der Waals surface area contributed by atoms with E-state index in [4.69, 9.17) is 10.5 Å². The quantitative estimate of drug-likeness (QED) is 0.800. The first-order valence-corrected chi connectivity index (χ1v) is 6.73. The second-order valence-electron chi connectivity index (χ2n) is 4.90. The molecule has 1 saturated carbocycles. The summed E-state index contributed by atoms with van der Waals surface area (Å²) in [7, 11) is 0. The molecule has 96 valence electrons. The molecule has 17 heavy (non-hydrogen) atoms. The van der Waals surface area contributed by atoms with E-state index in [0.29, 0.717) is 12.1 Å². The molecule has 1 fully saturated rings. The lowest BCUT2D eigenvalue weighted by molar-refractivity contribution is 0.273. The van der Waals surface area contributed by atoms with Crippen LogP contribution in [0.4, 0.5) is 0 Å². The van der Waals surface area contributed by atoms with E-state index < -0.39 is 0 Å². The van der Waals surface area contributed by atoms with Crippen molar-refractivity contribution in [3.05, 3.63) is 12.3 Å². The van der Waals surface area contributed by atoms with Crippen LogP contribution in [0.1, 0.15) is 51.5 Å². The molecule has 1 aromatic heterocycles. The molecule has 0 aliphatic heterocycles. The van der Waals surface area contributed by atoms with Crippen LogP contribution in [0.15, 0.2) is 12.3 Å². The van der Waals surface area contributed by atoms with Gasteiger partial charge in [0.25, 0.3) is 0 Å². The third kappa shape index (κ3) is 3.46. The number of rotatable bonds is 5. The topological polar surface area (TPSA) is 53.1 Å².